The first kappa shape index (κ1) is 18.3. The summed E-state index contributed by atoms with van der Waals surface area (Å²) in [7, 11) is 2.82. The molecule has 1 amide bonds. The lowest BCUT2D eigenvalue weighted by Crippen LogP contribution is -2.48. The molecule has 2 rings (SSSR count). The van der Waals surface area contributed by atoms with E-state index in [1.807, 2.05) is 0 Å². The van der Waals surface area contributed by atoms with Gasteiger partial charge < -0.3 is 14.6 Å². The van der Waals surface area contributed by atoms with Crippen LogP contribution in [0.1, 0.15) is 43.1 Å². The van der Waals surface area contributed by atoms with Crippen LogP contribution < -0.4 is 5.32 Å². The Morgan fingerprint density at radius 3 is 2.58 bits per heavy atom. The van der Waals surface area contributed by atoms with E-state index in [0.29, 0.717) is 11.6 Å². The number of methoxy groups -OCH3 is 1. The summed E-state index contributed by atoms with van der Waals surface area (Å²) >= 11 is 0. The molecule has 0 spiro atoms. The number of halogens is 3. The van der Waals surface area contributed by atoms with Crippen molar-refractivity contribution in [3.63, 3.8) is 0 Å². The van der Waals surface area contributed by atoms with Gasteiger partial charge in [0.2, 0.25) is 0 Å². The van der Waals surface area contributed by atoms with E-state index in [1.165, 1.54) is 6.20 Å². The molecule has 1 aliphatic carbocycles. The van der Waals surface area contributed by atoms with Crippen molar-refractivity contribution in [3.05, 3.63) is 17.7 Å². The average molecular weight is 347 g/mol. The number of esters is 1. The number of hydrogen-bond donors (Lipinski definition) is 1. The molecule has 1 aromatic rings. The molecule has 1 aromatic heterocycles. The third kappa shape index (κ3) is 4.07. The lowest BCUT2D eigenvalue weighted by molar-refractivity contribution is -0.175. The number of nitrogens with zero attached hydrogens (tertiary/aromatic N) is 2. The first-order chi connectivity index (χ1) is 11.2. The van der Waals surface area contributed by atoms with Gasteiger partial charge in [-0.25, -0.2) is 9.78 Å². The molecule has 0 unspecified atom stereocenters. The third-order valence-corrected chi connectivity index (χ3v) is 4.30. The van der Waals surface area contributed by atoms with Crippen LogP contribution in [0.5, 0.6) is 0 Å². The minimum Gasteiger partial charge on any atom is -0.467 e. The number of amides is 1. The maximum atomic E-state index is 12.4. The Labute approximate surface area is 137 Å². The Balaban J connectivity index is 2.14. The number of imidazole rings is 1. The van der Waals surface area contributed by atoms with E-state index in [2.05, 4.69) is 9.72 Å². The number of nitrogens with one attached hydrogen (secondary N) is 1. The van der Waals surface area contributed by atoms with Crippen LogP contribution in [0.4, 0.5) is 13.2 Å². The number of hydrogen-bond acceptors (Lipinski definition) is 4. The molecular weight excluding hydrogens is 327 g/mol. The average Bonchev–Trinajstić information content (AvgIpc) is 3.15. The van der Waals surface area contributed by atoms with E-state index in [4.69, 9.17) is 0 Å². The van der Waals surface area contributed by atoms with Crippen molar-refractivity contribution in [1.29, 1.82) is 0 Å². The molecule has 0 radical (unpaired) electrons. The summed E-state index contributed by atoms with van der Waals surface area (Å²) < 4.78 is 43.5. The summed E-state index contributed by atoms with van der Waals surface area (Å²) in [4.78, 5) is 27.2. The monoisotopic (exact) mass is 347 g/mol. The molecule has 1 atom stereocenters. The Morgan fingerprint density at radius 2 is 2.04 bits per heavy atom. The van der Waals surface area contributed by atoms with Crippen molar-refractivity contribution in [2.24, 2.45) is 7.05 Å². The van der Waals surface area contributed by atoms with Crippen molar-refractivity contribution in [1.82, 2.24) is 14.9 Å². The first-order valence-electron chi connectivity index (χ1n) is 7.70. The molecule has 134 valence electrons. The van der Waals surface area contributed by atoms with Gasteiger partial charge in [0.05, 0.1) is 7.11 Å². The fourth-order valence-corrected chi connectivity index (χ4v) is 3.00. The molecule has 6 nitrogen and oxygen atoms in total. The molecule has 0 aliphatic heterocycles. The minimum absolute atomic E-state index is 0.120. The van der Waals surface area contributed by atoms with E-state index < -0.39 is 24.1 Å². The third-order valence-electron chi connectivity index (χ3n) is 4.30. The molecule has 9 heteroatoms. The van der Waals surface area contributed by atoms with Gasteiger partial charge in [-0.05, 0) is 12.8 Å². The molecule has 1 heterocycles. The van der Waals surface area contributed by atoms with Gasteiger partial charge in [-0.3, -0.25) is 4.79 Å². The maximum Gasteiger partial charge on any atom is 0.471 e. The van der Waals surface area contributed by atoms with Crippen LogP contribution in [0, 0.1) is 0 Å². The zero-order valence-electron chi connectivity index (χ0n) is 13.5. The summed E-state index contributed by atoms with van der Waals surface area (Å²) in [5.74, 6) is -1.93. The molecule has 0 bridgehead atoms. The van der Waals surface area contributed by atoms with E-state index >= 15 is 0 Å². The van der Waals surface area contributed by atoms with Crippen LogP contribution in [-0.4, -0.2) is 40.8 Å². The van der Waals surface area contributed by atoms with Gasteiger partial charge in [-0.1, -0.05) is 12.8 Å². The number of carbonyl (C=O) groups is 2. The predicted molar refractivity (Wildman–Crippen MR) is 78.1 cm³/mol. The lowest BCUT2D eigenvalue weighted by atomic mass is 10.1. The van der Waals surface area contributed by atoms with Gasteiger partial charge in [0.1, 0.15) is 11.9 Å². The normalized spacial score (nSPS) is 16.9. The van der Waals surface area contributed by atoms with Crippen molar-refractivity contribution in [3.8, 4) is 0 Å². The maximum absolute atomic E-state index is 12.4. The summed E-state index contributed by atoms with van der Waals surface area (Å²) in [5.41, 5.74) is 0.565. The second kappa shape index (κ2) is 7.23. The van der Waals surface area contributed by atoms with Gasteiger partial charge in [0, 0.05) is 31.3 Å². The lowest BCUT2D eigenvalue weighted by Gasteiger charge is -2.18. The number of carbonyl (C=O) groups excluding carboxylic acids is 2. The van der Waals surface area contributed by atoms with Crippen molar-refractivity contribution in [2.75, 3.05) is 7.11 Å². The second-order valence-corrected chi connectivity index (χ2v) is 5.90. The van der Waals surface area contributed by atoms with Crippen molar-refractivity contribution < 1.29 is 27.5 Å². The van der Waals surface area contributed by atoms with Crippen molar-refractivity contribution in [2.45, 2.75) is 50.2 Å². The molecular formula is C15H20F3N3O3. The zero-order chi connectivity index (χ0) is 17.9. The summed E-state index contributed by atoms with van der Waals surface area (Å²) in [5, 5.41) is 1.68. The van der Waals surface area contributed by atoms with Crippen molar-refractivity contribution >= 4 is 11.9 Å². The van der Waals surface area contributed by atoms with Gasteiger partial charge in [-0.2, -0.15) is 13.2 Å². The number of aromatic nitrogens is 2. The van der Waals surface area contributed by atoms with E-state index in [1.54, 1.807) is 16.9 Å². The van der Waals surface area contributed by atoms with E-state index in [0.717, 1.165) is 38.6 Å². The Hall–Kier alpha value is -2.06. The molecule has 1 aliphatic rings. The van der Waals surface area contributed by atoms with Crippen LogP contribution >= 0.6 is 0 Å². The number of ether oxygens (including phenoxy) is 1. The van der Waals surface area contributed by atoms with Crippen LogP contribution in [0.3, 0.4) is 0 Å². The topological polar surface area (TPSA) is 73.2 Å². The fraction of sp³-hybridized carbons (Fsp3) is 0.667. The van der Waals surface area contributed by atoms with Gasteiger partial charge in [-0.15, -0.1) is 0 Å². The highest BCUT2D eigenvalue weighted by atomic mass is 19.4. The summed E-state index contributed by atoms with van der Waals surface area (Å²) in [6, 6.07) is -1.42. The fourth-order valence-electron chi connectivity index (χ4n) is 3.00. The van der Waals surface area contributed by atoms with Crippen LogP contribution in [-0.2, 0) is 27.8 Å². The molecule has 0 aromatic carbocycles. The van der Waals surface area contributed by atoms with Gasteiger partial charge in [0.15, 0.2) is 0 Å². The number of alkyl halides is 3. The van der Waals surface area contributed by atoms with Crippen LogP contribution in [0.25, 0.3) is 0 Å². The van der Waals surface area contributed by atoms with E-state index in [-0.39, 0.29) is 6.42 Å². The molecule has 1 N–H and O–H groups in total. The highest BCUT2D eigenvalue weighted by molar-refractivity contribution is 5.87. The van der Waals surface area contributed by atoms with Gasteiger partial charge >= 0.3 is 18.1 Å². The summed E-state index contributed by atoms with van der Waals surface area (Å²) in [6.07, 6.45) is 0.644. The van der Waals surface area contributed by atoms with E-state index in [9.17, 15) is 22.8 Å². The van der Waals surface area contributed by atoms with Gasteiger partial charge in [0.25, 0.3) is 0 Å². The zero-order valence-corrected chi connectivity index (χ0v) is 13.5. The molecule has 24 heavy (non-hydrogen) atoms. The SMILES string of the molecule is COC(=O)[C@H](Cc1cnc(C2CCCC2)n1C)NC(=O)C(F)(F)F. The quantitative estimate of drug-likeness (QED) is 0.825. The molecule has 1 fully saturated rings. The summed E-state index contributed by atoms with van der Waals surface area (Å²) in [6.45, 7) is 0. The Bertz CT molecular complexity index is 607. The van der Waals surface area contributed by atoms with Crippen LogP contribution in [0.15, 0.2) is 6.20 Å². The molecule has 1 saturated carbocycles. The predicted octanol–water partition coefficient (Wildman–Crippen LogP) is 1.84. The first-order valence-corrected chi connectivity index (χ1v) is 7.70. The smallest absolute Gasteiger partial charge is 0.467 e. The number of rotatable bonds is 5. The second-order valence-electron chi connectivity index (χ2n) is 5.90. The Morgan fingerprint density at radius 1 is 1.42 bits per heavy atom. The highest BCUT2D eigenvalue weighted by Crippen LogP contribution is 2.33. The standard InChI is InChI=1S/C15H20F3N3O3/c1-21-10(8-19-12(21)9-5-3-4-6-9)7-11(13(22)24-2)20-14(23)15(16,17)18/h8-9,11H,3-7H2,1-2H3,(H,20,23)/t11-/m0/s1. The highest BCUT2D eigenvalue weighted by Gasteiger charge is 2.41. The molecule has 0 saturated heterocycles. The Kier molecular flexibility index (Phi) is 5.51. The minimum atomic E-state index is -5.06. The van der Waals surface area contributed by atoms with Crippen LogP contribution in [0.2, 0.25) is 0 Å². The largest absolute Gasteiger partial charge is 0.471 e.